The van der Waals surface area contributed by atoms with Gasteiger partial charge >= 0.3 is 0 Å². The summed E-state index contributed by atoms with van der Waals surface area (Å²) in [5, 5.41) is 4.36. The number of nitrogens with zero attached hydrogens (tertiary/aromatic N) is 1. The van der Waals surface area contributed by atoms with Gasteiger partial charge in [0.15, 0.2) is 0 Å². The first-order valence-electron chi connectivity index (χ1n) is 7.87. The second-order valence-electron chi connectivity index (χ2n) is 6.23. The van der Waals surface area contributed by atoms with E-state index in [-0.39, 0.29) is 0 Å². The Morgan fingerprint density at radius 3 is 2.95 bits per heavy atom. The van der Waals surface area contributed by atoms with Crippen molar-refractivity contribution in [1.29, 1.82) is 0 Å². The van der Waals surface area contributed by atoms with Crippen molar-refractivity contribution in [2.45, 2.75) is 39.3 Å². The molecular weight excluding hydrogens is 284 g/mol. The number of halogens is 1. The molecule has 0 aliphatic carbocycles. The highest BCUT2D eigenvalue weighted by Crippen LogP contribution is 2.29. The maximum atomic E-state index is 6.35. The molecule has 0 spiro atoms. The summed E-state index contributed by atoms with van der Waals surface area (Å²) in [6.07, 6.45) is 2.58. The van der Waals surface area contributed by atoms with Gasteiger partial charge in [0.05, 0.1) is 7.11 Å². The van der Waals surface area contributed by atoms with Crippen LogP contribution in [0.4, 0.5) is 0 Å². The van der Waals surface area contributed by atoms with Gasteiger partial charge in [-0.25, -0.2) is 0 Å². The molecule has 1 aromatic rings. The molecule has 2 rings (SSSR count). The second kappa shape index (κ2) is 8.02. The molecule has 1 aromatic carbocycles. The van der Waals surface area contributed by atoms with E-state index in [4.69, 9.17) is 16.3 Å². The minimum Gasteiger partial charge on any atom is -0.496 e. The Bertz CT molecular complexity index is 450. The van der Waals surface area contributed by atoms with Crippen LogP contribution in [0.15, 0.2) is 18.2 Å². The van der Waals surface area contributed by atoms with Crippen LogP contribution in [0.5, 0.6) is 5.75 Å². The van der Waals surface area contributed by atoms with E-state index in [1.165, 1.54) is 12.8 Å². The lowest BCUT2D eigenvalue weighted by molar-refractivity contribution is 0.162. The van der Waals surface area contributed by atoms with E-state index < -0.39 is 0 Å². The second-order valence-corrected chi connectivity index (χ2v) is 6.63. The van der Waals surface area contributed by atoms with Crippen LogP contribution in [0.25, 0.3) is 0 Å². The van der Waals surface area contributed by atoms with E-state index in [1.807, 2.05) is 18.2 Å². The van der Waals surface area contributed by atoms with Gasteiger partial charge in [-0.2, -0.15) is 0 Å². The minimum atomic E-state index is 0.559. The Balaban J connectivity index is 1.96. The number of hydrogen-bond acceptors (Lipinski definition) is 3. The van der Waals surface area contributed by atoms with Crippen LogP contribution in [0, 0.1) is 5.92 Å². The molecule has 0 bridgehead atoms. The average Bonchev–Trinajstić information content (AvgIpc) is 2.47. The number of benzene rings is 1. The summed E-state index contributed by atoms with van der Waals surface area (Å²) in [5.74, 6) is 1.62. The van der Waals surface area contributed by atoms with Crippen molar-refractivity contribution < 1.29 is 4.74 Å². The SMILES string of the molecule is COc1cccc(Cl)c1CN1CCCC(CNC(C)C)C1. The zero-order valence-electron chi connectivity index (χ0n) is 13.4. The molecule has 0 amide bonds. The van der Waals surface area contributed by atoms with E-state index in [1.54, 1.807) is 7.11 Å². The number of hydrogen-bond donors (Lipinski definition) is 1. The molecule has 0 radical (unpaired) electrons. The number of likely N-dealkylation sites (tertiary alicyclic amines) is 1. The zero-order chi connectivity index (χ0) is 15.2. The molecule has 3 nitrogen and oxygen atoms in total. The topological polar surface area (TPSA) is 24.5 Å². The molecular formula is C17H27ClN2O. The van der Waals surface area contributed by atoms with Crippen molar-refractivity contribution in [3.63, 3.8) is 0 Å². The van der Waals surface area contributed by atoms with E-state index >= 15 is 0 Å². The van der Waals surface area contributed by atoms with Gasteiger partial charge in [-0.15, -0.1) is 0 Å². The van der Waals surface area contributed by atoms with Gasteiger partial charge in [0.2, 0.25) is 0 Å². The zero-order valence-corrected chi connectivity index (χ0v) is 14.1. The summed E-state index contributed by atoms with van der Waals surface area (Å²) in [6.45, 7) is 8.67. The monoisotopic (exact) mass is 310 g/mol. The molecule has 1 N–H and O–H groups in total. The fourth-order valence-corrected chi connectivity index (χ4v) is 3.20. The molecule has 1 fully saturated rings. The number of rotatable bonds is 6. The highest BCUT2D eigenvalue weighted by atomic mass is 35.5. The minimum absolute atomic E-state index is 0.559. The highest BCUT2D eigenvalue weighted by Gasteiger charge is 2.21. The van der Waals surface area contributed by atoms with Gasteiger partial charge in [-0.05, 0) is 44.0 Å². The predicted molar refractivity (Wildman–Crippen MR) is 89.1 cm³/mol. The van der Waals surface area contributed by atoms with Gasteiger partial charge in [0.25, 0.3) is 0 Å². The van der Waals surface area contributed by atoms with E-state index in [2.05, 4.69) is 24.1 Å². The standard InChI is InChI=1S/C17H27ClN2O/c1-13(2)19-10-14-6-5-9-20(11-14)12-15-16(18)7-4-8-17(15)21-3/h4,7-8,13-14,19H,5-6,9-12H2,1-3H3. The van der Waals surface area contributed by atoms with Crippen molar-refractivity contribution >= 4 is 11.6 Å². The lowest BCUT2D eigenvalue weighted by Gasteiger charge is -2.33. The third kappa shape index (κ3) is 4.87. The fraction of sp³-hybridized carbons (Fsp3) is 0.647. The van der Waals surface area contributed by atoms with Crippen molar-refractivity contribution in [3.8, 4) is 5.75 Å². The number of nitrogens with one attached hydrogen (secondary N) is 1. The first-order valence-corrected chi connectivity index (χ1v) is 8.25. The van der Waals surface area contributed by atoms with Crippen LogP contribution in [-0.2, 0) is 6.54 Å². The molecule has 1 unspecified atom stereocenters. The Morgan fingerprint density at radius 2 is 2.24 bits per heavy atom. The molecule has 118 valence electrons. The van der Waals surface area contributed by atoms with Gasteiger partial charge in [0.1, 0.15) is 5.75 Å². The van der Waals surface area contributed by atoms with Crippen LogP contribution < -0.4 is 10.1 Å². The van der Waals surface area contributed by atoms with Crippen molar-refractivity contribution in [1.82, 2.24) is 10.2 Å². The largest absolute Gasteiger partial charge is 0.496 e. The van der Waals surface area contributed by atoms with Gasteiger partial charge < -0.3 is 10.1 Å². The summed E-state index contributed by atoms with van der Waals surface area (Å²) in [6, 6.07) is 6.43. The number of piperidine rings is 1. The molecule has 1 saturated heterocycles. The summed E-state index contributed by atoms with van der Waals surface area (Å²) < 4.78 is 5.45. The van der Waals surface area contributed by atoms with Crippen molar-refractivity contribution in [2.75, 3.05) is 26.7 Å². The first kappa shape index (κ1) is 16.6. The van der Waals surface area contributed by atoms with E-state index in [0.717, 1.165) is 48.4 Å². The average molecular weight is 311 g/mol. The highest BCUT2D eigenvalue weighted by molar-refractivity contribution is 6.31. The van der Waals surface area contributed by atoms with E-state index in [0.29, 0.717) is 6.04 Å². The molecule has 1 aliphatic heterocycles. The maximum Gasteiger partial charge on any atom is 0.124 e. The summed E-state index contributed by atoms with van der Waals surface area (Å²) >= 11 is 6.35. The smallest absolute Gasteiger partial charge is 0.124 e. The summed E-state index contributed by atoms with van der Waals surface area (Å²) in [7, 11) is 1.71. The van der Waals surface area contributed by atoms with Gasteiger partial charge in [-0.3, -0.25) is 4.90 Å². The van der Waals surface area contributed by atoms with Crippen LogP contribution >= 0.6 is 11.6 Å². The molecule has 1 atom stereocenters. The lowest BCUT2D eigenvalue weighted by Crippen LogP contribution is -2.40. The Labute approximate surface area is 133 Å². The molecule has 21 heavy (non-hydrogen) atoms. The van der Waals surface area contributed by atoms with Crippen LogP contribution in [0.3, 0.4) is 0 Å². The molecule has 1 heterocycles. The fourth-order valence-electron chi connectivity index (χ4n) is 2.97. The number of methoxy groups -OCH3 is 1. The molecule has 0 aromatic heterocycles. The summed E-state index contributed by atoms with van der Waals surface area (Å²) in [4.78, 5) is 2.50. The Morgan fingerprint density at radius 1 is 1.43 bits per heavy atom. The number of ether oxygens (including phenoxy) is 1. The third-order valence-corrected chi connectivity index (χ3v) is 4.45. The Kier molecular flexibility index (Phi) is 6.34. The molecule has 1 aliphatic rings. The third-order valence-electron chi connectivity index (χ3n) is 4.10. The summed E-state index contributed by atoms with van der Waals surface area (Å²) in [5.41, 5.74) is 1.11. The van der Waals surface area contributed by atoms with Crippen LogP contribution in [0.1, 0.15) is 32.3 Å². The molecule has 0 saturated carbocycles. The van der Waals surface area contributed by atoms with Gasteiger partial charge in [0, 0.05) is 29.7 Å². The first-order chi connectivity index (χ1) is 10.1. The van der Waals surface area contributed by atoms with Crippen LogP contribution in [-0.4, -0.2) is 37.7 Å². The normalized spacial score (nSPS) is 20.0. The van der Waals surface area contributed by atoms with E-state index in [9.17, 15) is 0 Å². The van der Waals surface area contributed by atoms with Crippen LogP contribution in [0.2, 0.25) is 5.02 Å². The lowest BCUT2D eigenvalue weighted by atomic mass is 9.97. The van der Waals surface area contributed by atoms with Crippen molar-refractivity contribution in [3.05, 3.63) is 28.8 Å². The van der Waals surface area contributed by atoms with Gasteiger partial charge in [-0.1, -0.05) is 31.5 Å². The predicted octanol–water partition coefficient (Wildman–Crippen LogP) is 3.56. The maximum absolute atomic E-state index is 6.35. The quantitative estimate of drug-likeness (QED) is 0.869. The molecule has 4 heteroatoms. The van der Waals surface area contributed by atoms with Crippen molar-refractivity contribution in [2.24, 2.45) is 5.92 Å². The Hall–Kier alpha value is -0.770.